The molecule has 5 rings (SSSR count). The molecule has 0 bridgehead atoms. The van der Waals surface area contributed by atoms with Crippen LogP contribution in [0.5, 0.6) is 11.5 Å². The molecule has 21 heteroatoms. The number of halogens is 5. The van der Waals surface area contributed by atoms with Crippen molar-refractivity contribution in [2.75, 3.05) is 41.4 Å². The maximum Gasteiger partial charge on any atom is 0.258 e. The molecule has 0 heterocycles. The van der Waals surface area contributed by atoms with Gasteiger partial charge in [-0.15, -0.1) is 34.8 Å². The van der Waals surface area contributed by atoms with Crippen LogP contribution in [0.3, 0.4) is 0 Å². The van der Waals surface area contributed by atoms with E-state index < -0.39 is 47.3 Å². The van der Waals surface area contributed by atoms with E-state index in [1.54, 1.807) is 36.4 Å². The summed E-state index contributed by atoms with van der Waals surface area (Å²) in [4.78, 5) is 78.6. The molecule has 5 aromatic rings. The van der Waals surface area contributed by atoms with Gasteiger partial charge in [-0.3, -0.25) is 28.8 Å². The standard InChI is InChI=1S/C46H41Cl5N8O8/c1-24(60)41(58-56-32-5-10-36(50)34(20-32)43(62)52-30-8-13-39(66-3)27(18-30)22-48)45(64)54-29-7-12-38(26(17-29)15-16-47)55-46(65)42(25(2)61)59-57-33-6-11-37(51)35(21-33)44(63)53-31-9-14-40(67-4)28(19-31)23-49/h5-14,17-21,41-42H,15-16,22-23H2,1-4H3,(H,52,62)(H,53,63)(H,54,64)(H,55,65). The molecule has 0 saturated carbocycles. The second kappa shape index (κ2) is 24.4. The zero-order chi connectivity index (χ0) is 48.8. The SMILES string of the molecule is COc1ccc(NC(=O)c2cc(N=NC(C(C)=O)C(=O)Nc3ccc(NC(=O)C(N=Nc4ccc(Cl)c(C(=O)Nc5ccc(OC)c(CCl)c5)c4)C(C)=O)c(CCCl)c3)ccc2Cl)cc1CCl. The van der Waals surface area contributed by atoms with Crippen molar-refractivity contribution in [3.05, 3.63) is 129 Å². The second-order valence-electron chi connectivity index (χ2n) is 14.3. The number of methoxy groups -OCH3 is 2. The summed E-state index contributed by atoms with van der Waals surface area (Å²) in [7, 11) is 3.01. The maximum atomic E-state index is 13.5. The number of Topliss-reactive ketones (excluding diaryl/α,β-unsaturated/α-hetero) is 2. The van der Waals surface area contributed by atoms with Crippen molar-refractivity contribution in [1.82, 2.24) is 0 Å². The zero-order valence-corrected chi connectivity index (χ0v) is 39.9. The average molecular weight is 1010 g/mol. The van der Waals surface area contributed by atoms with Crippen LogP contribution in [0.25, 0.3) is 0 Å². The minimum atomic E-state index is -1.60. The van der Waals surface area contributed by atoms with Crippen LogP contribution in [0.1, 0.15) is 51.3 Å². The highest BCUT2D eigenvalue weighted by molar-refractivity contribution is 6.35. The molecule has 4 N–H and O–H groups in total. The largest absolute Gasteiger partial charge is 0.496 e. The van der Waals surface area contributed by atoms with Gasteiger partial charge in [0, 0.05) is 39.8 Å². The molecule has 0 radical (unpaired) electrons. The number of carbonyl (C=O) groups excluding carboxylic acids is 6. The molecule has 0 aromatic heterocycles. The summed E-state index contributed by atoms with van der Waals surface area (Å²) in [6.07, 6.45) is 0.209. The molecule has 2 atom stereocenters. The van der Waals surface area contributed by atoms with Crippen molar-refractivity contribution in [1.29, 1.82) is 0 Å². The first-order chi connectivity index (χ1) is 32.1. The number of rotatable bonds is 20. The lowest BCUT2D eigenvalue weighted by Gasteiger charge is -2.15. The van der Waals surface area contributed by atoms with Crippen molar-refractivity contribution in [2.24, 2.45) is 20.5 Å². The van der Waals surface area contributed by atoms with Gasteiger partial charge in [0.05, 0.1) is 58.5 Å². The molecule has 0 fully saturated rings. The fourth-order valence-electron chi connectivity index (χ4n) is 6.22. The fraction of sp³-hybridized carbons (Fsp3) is 0.217. The lowest BCUT2D eigenvalue weighted by Crippen LogP contribution is -2.32. The van der Waals surface area contributed by atoms with Gasteiger partial charge in [0.1, 0.15) is 11.5 Å². The number of ether oxygens (including phenoxy) is 2. The Morgan fingerprint density at radius 1 is 0.537 bits per heavy atom. The molecule has 0 spiro atoms. The molecule has 16 nitrogen and oxygen atoms in total. The number of anilines is 4. The van der Waals surface area contributed by atoms with Crippen molar-refractivity contribution >= 4 is 127 Å². The smallest absolute Gasteiger partial charge is 0.258 e. The van der Waals surface area contributed by atoms with Gasteiger partial charge in [0.15, 0.2) is 11.6 Å². The van der Waals surface area contributed by atoms with Gasteiger partial charge in [-0.2, -0.15) is 20.5 Å². The van der Waals surface area contributed by atoms with E-state index in [-0.39, 0.29) is 68.0 Å². The third-order valence-corrected chi connectivity index (χ3v) is 11.0. The molecule has 348 valence electrons. The predicted octanol–water partition coefficient (Wildman–Crippen LogP) is 11.1. The summed E-state index contributed by atoms with van der Waals surface area (Å²) >= 11 is 30.8. The first-order valence-corrected chi connectivity index (χ1v) is 22.3. The van der Waals surface area contributed by atoms with Gasteiger partial charge in [0.2, 0.25) is 12.1 Å². The van der Waals surface area contributed by atoms with E-state index in [0.29, 0.717) is 39.6 Å². The van der Waals surface area contributed by atoms with Crippen LogP contribution in [0.15, 0.2) is 111 Å². The second-order valence-corrected chi connectivity index (χ2v) is 16.0. The third kappa shape index (κ3) is 13.8. The predicted molar refractivity (Wildman–Crippen MR) is 260 cm³/mol. The Bertz CT molecular complexity index is 2770. The van der Waals surface area contributed by atoms with Crippen LogP contribution in [0, 0.1) is 0 Å². The number of ketones is 2. The Kier molecular flexibility index (Phi) is 18.8. The van der Waals surface area contributed by atoms with E-state index in [4.69, 9.17) is 67.5 Å². The molecule has 0 aliphatic heterocycles. The minimum Gasteiger partial charge on any atom is -0.496 e. The van der Waals surface area contributed by atoms with Crippen LogP contribution in [0.2, 0.25) is 10.0 Å². The van der Waals surface area contributed by atoms with Crippen LogP contribution in [-0.4, -0.2) is 67.4 Å². The van der Waals surface area contributed by atoms with E-state index >= 15 is 0 Å². The maximum absolute atomic E-state index is 13.5. The topological polar surface area (TPSA) is 218 Å². The highest BCUT2D eigenvalue weighted by Crippen LogP contribution is 2.30. The number of carbonyl (C=O) groups is 6. The first-order valence-electron chi connectivity index (χ1n) is 19.9. The minimum absolute atomic E-state index is 0.0473. The van der Waals surface area contributed by atoms with Crippen molar-refractivity contribution in [3.8, 4) is 11.5 Å². The molecule has 0 aliphatic carbocycles. The Morgan fingerprint density at radius 2 is 0.955 bits per heavy atom. The van der Waals surface area contributed by atoms with Gasteiger partial charge in [0.25, 0.3) is 23.6 Å². The molecule has 4 amide bonds. The summed E-state index contributed by atoms with van der Waals surface area (Å²) in [6.45, 7) is 2.33. The Hall–Kier alpha value is -6.43. The molecule has 5 aromatic carbocycles. The lowest BCUT2D eigenvalue weighted by molar-refractivity contribution is -0.127. The molecule has 67 heavy (non-hydrogen) atoms. The number of amides is 4. The number of aryl methyl sites for hydroxylation is 1. The van der Waals surface area contributed by atoms with Crippen LogP contribution < -0.4 is 30.7 Å². The highest BCUT2D eigenvalue weighted by Gasteiger charge is 2.26. The monoisotopic (exact) mass is 1010 g/mol. The molecular formula is C46H41Cl5N8O8. The van der Waals surface area contributed by atoms with Crippen molar-refractivity contribution < 1.29 is 38.2 Å². The first kappa shape index (κ1) is 51.6. The van der Waals surface area contributed by atoms with Crippen LogP contribution in [-0.2, 0) is 37.4 Å². The van der Waals surface area contributed by atoms with E-state index in [1.807, 2.05) is 0 Å². The van der Waals surface area contributed by atoms with Crippen molar-refractivity contribution in [2.45, 2.75) is 44.1 Å². The van der Waals surface area contributed by atoms with Gasteiger partial charge >= 0.3 is 0 Å². The third-order valence-electron chi connectivity index (χ3n) is 9.59. The molecular weight excluding hydrogens is 970 g/mol. The number of nitrogens with one attached hydrogen (secondary N) is 4. The van der Waals surface area contributed by atoms with Gasteiger partial charge < -0.3 is 30.7 Å². The number of azo groups is 2. The lowest BCUT2D eigenvalue weighted by atomic mass is 10.1. The Labute approximate surface area is 409 Å². The summed E-state index contributed by atoms with van der Waals surface area (Å²) in [5, 5.41) is 27.1. The Balaban J connectivity index is 1.27. The molecule has 0 aliphatic rings. The number of benzene rings is 5. The number of hydrogen-bond donors (Lipinski definition) is 4. The summed E-state index contributed by atoms with van der Waals surface area (Å²) in [5.74, 6) is -2.54. The summed E-state index contributed by atoms with van der Waals surface area (Å²) in [5.41, 5.74) is 3.49. The van der Waals surface area contributed by atoms with E-state index in [2.05, 4.69) is 41.7 Å². The van der Waals surface area contributed by atoms with Gasteiger partial charge in [-0.25, -0.2) is 0 Å². The zero-order valence-electron chi connectivity index (χ0n) is 36.1. The number of hydrogen-bond acceptors (Lipinski definition) is 12. The van der Waals surface area contributed by atoms with Crippen LogP contribution in [0.4, 0.5) is 34.1 Å². The van der Waals surface area contributed by atoms with E-state index in [1.165, 1.54) is 82.7 Å². The Morgan fingerprint density at radius 3 is 1.37 bits per heavy atom. The van der Waals surface area contributed by atoms with Crippen molar-refractivity contribution in [3.63, 3.8) is 0 Å². The fourth-order valence-corrected chi connectivity index (χ4v) is 7.24. The van der Waals surface area contributed by atoms with E-state index in [0.717, 1.165) is 0 Å². The number of nitrogens with zero attached hydrogens (tertiary/aromatic N) is 4. The normalized spacial score (nSPS) is 12.0. The van der Waals surface area contributed by atoms with Gasteiger partial charge in [-0.05, 0) is 117 Å². The highest BCUT2D eigenvalue weighted by atomic mass is 35.5. The molecule has 2 unspecified atom stereocenters. The summed E-state index contributed by atoms with van der Waals surface area (Å²) < 4.78 is 10.6. The quantitative estimate of drug-likeness (QED) is 0.0333. The molecule has 0 saturated heterocycles. The number of alkyl halides is 3. The summed E-state index contributed by atoms with van der Waals surface area (Å²) in [6, 6.07) is 19.6. The average Bonchev–Trinajstić information content (AvgIpc) is 3.30. The van der Waals surface area contributed by atoms with E-state index in [9.17, 15) is 28.8 Å². The van der Waals surface area contributed by atoms with Crippen LogP contribution >= 0.6 is 58.0 Å². The van der Waals surface area contributed by atoms with Gasteiger partial charge in [-0.1, -0.05) is 23.2 Å².